The molecule has 0 radical (unpaired) electrons. The molecular formula is C19H22N2O5S. The standard InChI is InChI=1S/C19H22N2O5S/c1-13-4-7-16(8-5-13)27(23,24)20-14-10-19(22)21(12-14)15-6-9-17(25-2)18(11-15)26-3/h4-9,11,14,20H,10,12H2,1-3H3/t14-/m1/s1. The highest BCUT2D eigenvalue weighted by atomic mass is 32.2. The van der Waals surface area contributed by atoms with Crippen molar-refractivity contribution in [3.63, 3.8) is 0 Å². The van der Waals surface area contributed by atoms with Crippen LogP contribution in [-0.2, 0) is 14.8 Å². The van der Waals surface area contributed by atoms with Crippen molar-refractivity contribution in [3.05, 3.63) is 48.0 Å². The zero-order valence-electron chi connectivity index (χ0n) is 15.4. The molecule has 2 aromatic carbocycles. The van der Waals surface area contributed by atoms with Crippen LogP contribution in [0.1, 0.15) is 12.0 Å². The van der Waals surface area contributed by atoms with Crippen molar-refractivity contribution in [1.82, 2.24) is 4.72 Å². The molecule has 1 aliphatic rings. The molecule has 1 aliphatic heterocycles. The van der Waals surface area contributed by atoms with Gasteiger partial charge in [0.25, 0.3) is 0 Å². The predicted octanol–water partition coefficient (Wildman–Crippen LogP) is 2.10. The molecule has 0 unspecified atom stereocenters. The van der Waals surface area contributed by atoms with Gasteiger partial charge in [-0.2, -0.15) is 0 Å². The minimum Gasteiger partial charge on any atom is -0.493 e. The molecule has 0 aliphatic carbocycles. The fraction of sp³-hybridized carbons (Fsp3) is 0.316. The van der Waals surface area contributed by atoms with Gasteiger partial charge in [-0.05, 0) is 31.2 Å². The fourth-order valence-corrected chi connectivity index (χ4v) is 4.26. The first kappa shape index (κ1) is 19.2. The molecule has 0 bridgehead atoms. The lowest BCUT2D eigenvalue weighted by Gasteiger charge is -2.19. The van der Waals surface area contributed by atoms with Crippen molar-refractivity contribution < 1.29 is 22.7 Å². The molecule has 8 heteroatoms. The molecule has 1 amide bonds. The third kappa shape index (κ3) is 4.06. The number of hydrogen-bond donors (Lipinski definition) is 1. The molecule has 0 saturated carbocycles. The Morgan fingerprint density at radius 1 is 1.04 bits per heavy atom. The summed E-state index contributed by atoms with van der Waals surface area (Å²) in [4.78, 5) is 14.2. The summed E-state index contributed by atoms with van der Waals surface area (Å²) in [5.41, 5.74) is 1.61. The lowest BCUT2D eigenvalue weighted by Crippen LogP contribution is -2.37. The van der Waals surface area contributed by atoms with Crippen molar-refractivity contribution in [2.45, 2.75) is 24.3 Å². The smallest absolute Gasteiger partial charge is 0.240 e. The molecule has 1 fully saturated rings. The Labute approximate surface area is 158 Å². The average molecular weight is 390 g/mol. The van der Waals surface area contributed by atoms with E-state index >= 15 is 0 Å². The number of carbonyl (C=O) groups is 1. The Morgan fingerprint density at radius 2 is 1.70 bits per heavy atom. The molecule has 2 aromatic rings. The maximum absolute atomic E-state index is 12.6. The number of ether oxygens (including phenoxy) is 2. The van der Waals surface area contributed by atoms with Crippen LogP contribution in [0.5, 0.6) is 11.5 Å². The van der Waals surface area contributed by atoms with Crippen LogP contribution < -0.4 is 19.1 Å². The molecule has 27 heavy (non-hydrogen) atoms. The summed E-state index contributed by atoms with van der Waals surface area (Å²) in [6.45, 7) is 2.14. The lowest BCUT2D eigenvalue weighted by molar-refractivity contribution is -0.117. The van der Waals surface area contributed by atoms with Gasteiger partial charge < -0.3 is 14.4 Å². The SMILES string of the molecule is COc1ccc(N2C[C@H](NS(=O)(=O)c3ccc(C)cc3)CC2=O)cc1OC. The zero-order valence-corrected chi connectivity index (χ0v) is 16.2. The van der Waals surface area contributed by atoms with E-state index in [4.69, 9.17) is 9.47 Å². The van der Waals surface area contributed by atoms with E-state index in [0.717, 1.165) is 5.56 Å². The van der Waals surface area contributed by atoms with Gasteiger partial charge in [0, 0.05) is 30.8 Å². The summed E-state index contributed by atoms with van der Waals surface area (Å²) in [5.74, 6) is 0.912. The van der Waals surface area contributed by atoms with Crippen molar-refractivity contribution in [2.24, 2.45) is 0 Å². The van der Waals surface area contributed by atoms with Crippen LogP contribution in [-0.4, -0.2) is 41.1 Å². The number of anilines is 1. The molecule has 1 N–H and O–H groups in total. The highest BCUT2D eigenvalue weighted by Gasteiger charge is 2.34. The summed E-state index contributed by atoms with van der Waals surface area (Å²) in [7, 11) is -0.631. The number of nitrogens with one attached hydrogen (secondary N) is 1. The number of carbonyl (C=O) groups excluding carboxylic acids is 1. The first-order chi connectivity index (χ1) is 12.8. The van der Waals surface area contributed by atoms with E-state index in [2.05, 4.69) is 4.72 Å². The van der Waals surface area contributed by atoms with Gasteiger partial charge in [0.05, 0.1) is 19.1 Å². The minimum absolute atomic E-state index is 0.0967. The molecule has 0 spiro atoms. The van der Waals surface area contributed by atoms with Gasteiger partial charge in [0.15, 0.2) is 11.5 Å². The molecule has 7 nitrogen and oxygen atoms in total. The first-order valence-corrected chi connectivity index (χ1v) is 9.94. The zero-order chi connectivity index (χ0) is 19.6. The third-order valence-corrected chi connectivity index (χ3v) is 5.99. The first-order valence-electron chi connectivity index (χ1n) is 8.45. The maximum atomic E-state index is 12.6. The number of amides is 1. The summed E-state index contributed by atoms with van der Waals surface area (Å²) >= 11 is 0. The van der Waals surface area contributed by atoms with E-state index in [1.54, 1.807) is 47.4 Å². The van der Waals surface area contributed by atoms with E-state index in [0.29, 0.717) is 17.2 Å². The van der Waals surface area contributed by atoms with Crippen molar-refractivity contribution in [1.29, 1.82) is 0 Å². The number of sulfonamides is 1. The Bertz CT molecular complexity index is 941. The van der Waals surface area contributed by atoms with Crippen LogP contribution in [0.25, 0.3) is 0 Å². The van der Waals surface area contributed by atoms with Crippen LogP contribution in [0.2, 0.25) is 0 Å². The highest BCUT2D eigenvalue weighted by Crippen LogP contribution is 2.33. The summed E-state index contributed by atoms with van der Waals surface area (Å²) in [6.07, 6.45) is 0.0967. The van der Waals surface area contributed by atoms with Crippen LogP contribution >= 0.6 is 0 Å². The summed E-state index contributed by atoms with van der Waals surface area (Å²) in [5, 5.41) is 0. The Morgan fingerprint density at radius 3 is 2.33 bits per heavy atom. The number of methoxy groups -OCH3 is 2. The van der Waals surface area contributed by atoms with E-state index in [-0.39, 0.29) is 23.8 Å². The Kier molecular flexibility index (Phi) is 5.38. The number of aryl methyl sites for hydroxylation is 1. The normalized spacial score (nSPS) is 17.2. The van der Waals surface area contributed by atoms with E-state index < -0.39 is 16.1 Å². The summed E-state index contributed by atoms with van der Waals surface area (Å²) < 4.78 is 38.2. The molecule has 1 heterocycles. The number of benzene rings is 2. The number of rotatable bonds is 6. The van der Waals surface area contributed by atoms with Gasteiger partial charge in [-0.3, -0.25) is 4.79 Å². The second-order valence-electron chi connectivity index (χ2n) is 6.38. The molecule has 1 saturated heterocycles. The quantitative estimate of drug-likeness (QED) is 0.816. The number of nitrogens with zero attached hydrogens (tertiary/aromatic N) is 1. The highest BCUT2D eigenvalue weighted by molar-refractivity contribution is 7.89. The fourth-order valence-electron chi connectivity index (χ4n) is 3.03. The van der Waals surface area contributed by atoms with E-state index in [1.165, 1.54) is 14.2 Å². The largest absolute Gasteiger partial charge is 0.493 e. The Balaban J connectivity index is 1.76. The summed E-state index contributed by atoms with van der Waals surface area (Å²) in [6, 6.07) is 11.3. The third-order valence-electron chi connectivity index (χ3n) is 4.46. The van der Waals surface area contributed by atoms with Gasteiger partial charge in [-0.25, -0.2) is 13.1 Å². The second-order valence-corrected chi connectivity index (χ2v) is 8.09. The van der Waals surface area contributed by atoms with Crippen LogP contribution in [0.3, 0.4) is 0 Å². The predicted molar refractivity (Wildman–Crippen MR) is 102 cm³/mol. The molecular weight excluding hydrogens is 368 g/mol. The lowest BCUT2D eigenvalue weighted by atomic mass is 10.2. The monoisotopic (exact) mass is 390 g/mol. The molecule has 0 aromatic heterocycles. The topological polar surface area (TPSA) is 84.9 Å². The van der Waals surface area contributed by atoms with Crippen molar-refractivity contribution >= 4 is 21.6 Å². The maximum Gasteiger partial charge on any atom is 0.240 e. The van der Waals surface area contributed by atoms with Crippen molar-refractivity contribution in [3.8, 4) is 11.5 Å². The van der Waals surface area contributed by atoms with Crippen LogP contribution in [0.4, 0.5) is 5.69 Å². The molecule has 3 rings (SSSR count). The van der Waals surface area contributed by atoms with Gasteiger partial charge in [-0.1, -0.05) is 17.7 Å². The van der Waals surface area contributed by atoms with Crippen molar-refractivity contribution in [2.75, 3.05) is 25.7 Å². The van der Waals surface area contributed by atoms with Gasteiger partial charge >= 0.3 is 0 Å². The average Bonchev–Trinajstić information content (AvgIpc) is 3.00. The van der Waals surface area contributed by atoms with Gasteiger partial charge in [-0.15, -0.1) is 0 Å². The second kappa shape index (κ2) is 7.58. The van der Waals surface area contributed by atoms with E-state index in [9.17, 15) is 13.2 Å². The van der Waals surface area contributed by atoms with Gasteiger partial charge in [0.2, 0.25) is 15.9 Å². The van der Waals surface area contributed by atoms with Gasteiger partial charge in [0.1, 0.15) is 0 Å². The van der Waals surface area contributed by atoms with Crippen LogP contribution in [0.15, 0.2) is 47.4 Å². The number of hydrogen-bond acceptors (Lipinski definition) is 5. The van der Waals surface area contributed by atoms with E-state index in [1.807, 2.05) is 6.92 Å². The Hall–Kier alpha value is -2.58. The van der Waals surface area contributed by atoms with Crippen LogP contribution in [0, 0.1) is 6.92 Å². The minimum atomic E-state index is -3.69. The molecule has 1 atom stereocenters. The molecule has 144 valence electrons.